The van der Waals surface area contributed by atoms with Crippen molar-refractivity contribution in [1.29, 1.82) is 0 Å². The molecule has 1 saturated heterocycles. The standard InChI is InChI=1S/C21H20O8/c1-26-12-4-2-11(3-5-12)18-9-15(22)14-8-13(6-7-17(14)29-18)28-21-20(25)19(24)16(23)10-27-21/h2-9,16,19-21,23-25H,10H2,1H3/t16-,19-,20+,21-/m0/s1. The Morgan fingerprint density at radius 1 is 0.966 bits per heavy atom. The fourth-order valence-electron chi connectivity index (χ4n) is 3.12. The van der Waals surface area contributed by atoms with Gasteiger partial charge in [-0.05, 0) is 42.5 Å². The van der Waals surface area contributed by atoms with E-state index in [0.717, 1.165) is 5.56 Å². The SMILES string of the molecule is COc1ccc(-c2cc(=O)c3cc(O[C@@H]4OC[C@H](O)[C@H](O)[C@H]4O)ccc3o2)cc1. The van der Waals surface area contributed by atoms with Gasteiger partial charge in [0.25, 0.3) is 0 Å². The number of benzene rings is 2. The van der Waals surface area contributed by atoms with Crippen LogP contribution >= 0.6 is 0 Å². The van der Waals surface area contributed by atoms with Crippen LogP contribution in [0.5, 0.6) is 11.5 Å². The number of aliphatic hydroxyl groups is 3. The molecule has 0 saturated carbocycles. The van der Waals surface area contributed by atoms with E-state index in [9.17, 15) is 20.1 Å². The number of methoxy groups -OCH3 is 1. The monoisotopic (exact) mass is 400 g/mol. The minimum Gasteiger partial charge on any atom is -0.497 e. The Bertz CT molecular complexity index is 1060. The van der Waals surface area contributed by atoms with Crippen molar-refractivity contribution in [3.8, 4) is 22.8 Å². The lowest BCUT2D eigenvalue weighted by molar-refractivity contribution is -0.242. The first kappa shape index (κ1) is 19.4. The molecule has 8 nitrogen and oxygen atoms in total. The van der Waals surface area contributed by atoms with Crippen molar-refractivity contribution < 1.29 is 33.9 Å². The molecular weight excluding hydrogens is 380 g/mol. The Hall–Kier alpha value is -2.91. The van der Waals surface area contributed by atoms with Crippen LogP contribution in [0.25, 0.3) is 22.3 Å². The lowest BCUT2D eigenvalue weighted by Crippen LogP contribution is -2.54. The van der Waals surface area contributed by atoms with Gasteiger partial charge in [0, 0.05) is 11.6 Å². The third kappa shape index (κ3) is 3.83. The van der Waals surface area contributed by atoms with E-state index in [-0.39, 0.29) is 17.8 Å². The van der Waals surface area contributed by atoms with Crippen molar-refractivity contribution in [2.45, 2.75) is 24.6 Å². The van der Waals surface area contributed by atoms with Crippen LogP contribution in [0.1, 0.15) is 0 Å². The summed E-state index contributed by atoms with van der Waals surface area (Å²) in [5.74, 6) is 1.38. The molecule has 0 spiro atoms. The summed E-state index contributed by atoms with van der Waals surface area (Å²) >= 11 is 0. The molecule has 1 aromatic heterocycles. The molecule has 1 fully saturated rings. The summed E-state index contributed by atoms with van der Waals surface area (Å²) in [6.07, 6.45) is -5.17. The normalized spacial score (nSPS) is 24.4. The highest BCUT2D eigenvalue weighted by atomic mass is 16.7. The van der Waals surface area contributed by atoms with Gasteiger partial charge >= 0.3 is 0 Å². The average molecular weight is 400 g/mol. The largest absolute Gasteiger partial charge is 0.497 e. The van der Waals surface area contributed by atoms with Crippen molar-refractivity contribution in [3.63, 3.8) is 0 Å². The van der Waals surface area contributed by atoms with Gasteiger partial charge in [0.05, 0.1) is 19.1 Å². The molecule has 4 rings (SSSR count). The number of fused-ring (bicyclic) bond motifs is 1. The fraction of sp³-hybridized carbons (Fsp3) is 0.286. The molecule has 2 heterocycles. The molecule has 3 aromatic rings. The summed E-state index contributed by atoms with van der Waals surface area (Å²) in [6, 6.07) is 13.2. The molecule has 0 bridgehead atoms. The Labute approximate surface area is 165 Å². The van der Waals surface area contributed by atoms with Crippen molar-refractivity contribution in [2.75, 3.05) is 13.7 Å². The molecule has 0 radical (unpaired) electrons. The molecule has 2 aromatic carbocycles. The topological polar surface area (TPSA) is 119 Å². The average Bonchev–Trinajstić information content (AvgIpc) is 2.74. The molecule has 0 amide bonds. The van der Waals surface area contributed by atoms with Crippen LogP contribution < -0.4 is 14.9 Å². The zero-order valence-corrected chi connectivity index (χ0v) is 15.5. The quantitative estimate of drug-likeness (QED) is 0.600. The van der Waals surface area contributed by atoms with Gasteiger partial charge in [-0.3, -0.25) is 4.79 Å². The molecule has 0 unspecified atom stereocenters. The molecule has 0 aliphatic carbocycles. The molecule has 8 heteroatoms. The minimum atomic E-state index is -1.43. The van der Waals surface area contributed by atoms with Gasteiger partial charge in [-0.15, -0.1) is 0 Å². The highest BCUT2D eigenvalue weighted by molar-refractivity contribution is 5.80. The molecule has 1 aliphatic heterocycles. The minimum absolute atomic E-state index is 0.177. The molecular formula is C21H20O8. The van der Waals surface area contributed by atoms with Gasteiger partial charge in [-0.2, -0.15) is 0 Å². The first-order valence-corrected chi connectivity index (χ1v) is 9.01. The van der Waals surface area contributed by atoms with E-state index in [4.69, 9.17) is 18.6 Å². The maximum absolute atomic E-state index is 12.6. The van der Waals surface area contributed by atoms with E-state index in [2.05, 4.69) is 0 Å². The van der Waals surface area contributed by atoms with Crippen LogP contribution in [0, 0.1) is 0 Å². The highest BCUT2D eigenvalue weighted by Gasteiger charge is 2.39. The van der Waals surface area contributed by atoms with Gasteiger partial charge in [-0.25, -0.2) is 0 Å². The second kappa shape index (κ2) is 7.84. The number of hydrogen-bond donors (Lipinski definition) is 3. The van der Waals surface area contributed by atoms with Crippen molar-refractivity contribution in [1.82, 2.24) is 0 Å². The van der Waals surface area contributed by atoms with Crippen LogP contribution in [0.4, 0.5) is 0 Å². The van der Waals surface area contributed by atoms with Crippen LogP contribution in [-0.4, -0.2) is 53.6 Å². The van der Waals surface area contributed by atoms with Crippen LogP contribution in [0.2, 0.25) is 0 Å². The van der Waals surface area contributed by atoms with Crippen LogP contribution in [0.15, 0.2) is 57.7 Å². The van der Waals surface area contributed by atoms with Gasteiger partial charge in [0.1, 0.15) is 41.2 Å². The Balaban J connectivity index is 1.61. The third-order valence-corrected chi connectivity index (χ3v) is 4.78. The Morgan fingerprint density at radius 2 is 1.69 bits per heavy atom. The fourth-order valence-corrected chi connectivity index (χ4v) is 3.12. The Kier molecular flexibility index (Phi) is 5.25. The van der Waals surface area contributed by atoms with Crippen molar-refractivity contribution in [2.24, 2.45) is 0 Å². The third-order valence-electron chi connectivity index (χ3n) is 4.78. The predicted octanol–water partition coefficient (Wildman–Crippen LogP) is 1.29. The summed E-state index contributed by atoms with van der Waals surface area (Å²) in [4.78, 5) is 12.6. The second-order valence-corrected chi connectivity index (χ2v) is 6.73. The van der Waals surface area contributed by atoms with Crippen molar-refractivity contribution in [3.05, 3.63) is 58.8 Å². The van der Waals surface area contributed by atoms with E-state index in [1.54, 1.807) is 43.5 Å². The molecule has 152 valence electrons. The van der Waals surface area contributed by atoms with Gasteiger partial charge < -0.3 is 33.9 Å². The molecule has 4 atom stereocenters. The number of hydrogen-bond acceptors (Lipinski definition) is 8. The first-order valence-electron chi connectivity index (χ1n) is 9.01. The molecule has 29 heavy (non-hydrogen) atoms. The lowest BCUT2D eigenvalue weighted by atomic mass is 10.1. The van der Waals surface area contributed by atoms with Crippen LogP contribution in [0.3, 0.4) is 0 Å². The van der Waals surface area contributed by atoms with Gasteiger partial charge in [-0.1, -0.05) is 0 Å². The maximum atomic E-state index is 12.6. The second-order valence-electron chi connectivity index (χ2n) is 6.73. The number of rotatable bonds is 4. The van der Waals surface area contributed by atoms with E-state index < -0.39 is 24.6 Å². The first-order chi connectivity index (χ1) is 14.0. The predicted molar refractivity (Wildman–Crippen MR) is 103 cm³/mol. The van der Waals surface area contributed by atoms with Crippen LogP contribution in [-0.2, 0) is 4.74 Å². The smallest absolute Gasteiger partial charge is 0.228 e. The van der Waals surface area contributed by atoms with E-state index in [1.165, 1.54) is 12.1 Å². The maximum Gasteiger partial charge on any atom is 0.228 e. The zero-order valence-electron chi connectivity index (χ0n) is 15.5. The zero-order chi connectivity index (χ0) is 20.5. The lowest BCUT2D eigenvalue weighted by Gasteiger charge is -2.34. The summed E-state index contributed by atoms with van der Waals surface area (Å²) in [7, 11) is 1.57. The van der Waals surface area contributed by atoms with E-state index in [0.29, 0.717) is 22.5 Å². The summed E-state index contributed by atoms with van der Waals surface area (Å²) in [6.45, 7) is -0.177. The summed E-state index contributed by atoms with van der Waals surface area (Å²) < 4.78 is 21.8. The van der Waals surface area contributed by atoms with E-state index in [1.807, 2.05) is 0 Å². The van der Waals surface area contributed by atoms with Gasteiger partial charge in [0.2, 0.25) is 6.29 Å². The Morgan fingerprint density at radius 3 is 2.41 bits per heavy atom. The molecule has 3 N–H and O–H groups in total. The highest BCUT2D eigenvalue weighted by Crippen LogP contribution is 2.27. The molecule has 1 aliphatic rings. The number of aliphatic hydroxyl groups excluding tert-OH is 3. The van der Waals surface area contributed by atoms with Crippen molar-refractivity contribution >= 4 is 11.0 Å². The summed E-state index contributed by atoms with van der Waals surface area (Å²) in [5.41, 5.74) is 0.843. The number of ether oxygens (including phenoxy) is 3. The summed E-state index contributed by atoms with van der Waals surface area (Å²) in [5, 5.41) is 29.5. The van der Waals surface area contributed by atoms with Gasteiger partial charge in [0.15, 0.2) is 5.43 Å². The van der Waals surface area contributed by atoms with E-state index >= 15 is 0 Å².